The molecule has 2 heterocycles. The average molecular weight is 471 g/mol. The highest BCUT2D eigenvalue weighted by Crippen LogP contribution is 2.34. The van der Waals surface area contributed by atoms with Gasteiger partial charge in [0, 0.05) is 24.2 Å². The summed E-state index contributed by atoms with van der Waals surface area (Å²) in [5.74, 6) is 1.50. The normalized spacial score (nSPS) is 14.7. The van der Waals surface area contributed by atoms with Gasteiger partial charge in [0.05, 0.1) is 10.6 Å². The molecule has 0 radical (unpaired) electrons. The number of alkyl halides is 3. The Morgan fingerprint density at radius 2 is 1.84 bits per heavy atom. The molecule has 0 saturated heterocycles. The van der Waals surface area contributed by atoms with E-state index in [0.29, 0.717) is 17.5 Å². The number of nitrogens with zero attached hydrogens (tertiary/aromatic N) is 3. The molecule has 0 atom stereocenters. The van der Waals surface area contributed by atoms with Crippen molar-refractivity contribution in [1.29, 1.82) is 0 Å². The minimum atomic E-state index is -4.69. The van der Waals surface area contributed by atoms with E-state index in [4.69, 9.17) is 11.6 Å². The minimum absolute atomic E-state index is 0.178. The molecule has 0 aliphatic carbocycles. The number of benzene rings is 2. The lowest BCUT2D eigenvalue weighted by atomic mass is 10.2. The van der Waals surface area contributed by atoms with E-state index in [1.165, 1.54) is 6.07 Å². The molecule has 164 valence electrons. The standard InChI is InChI=1S/C20H18ClF3N4O2S/c21-16-9-8-14(20(22,23)24)12-17(16)31(29,30)27-15-6-4-5-13(11-15)19-26-25-18-7-2-1-3-10-28(18)19/h4-6,8-9,11-12,27H,1-3,7,10H2. The van der Waals surface area contributed by atoms with Gasteiger partial charge in [-0.3, -0.25) is 4.72 Å². The van der Waals surface area contributed by atoms with Gasteiger partial charge in [-0.1, -0.05) is 30.2 Å². The quantitative estimate of drug-likeness (QED) is 0.572. The zero-order valence-electron chi connectivity index (χ0n) is 16.2. The fourth-order valence-corrected chi connectivity index (χ4v) is 5.09. The molecule has 1 N–H and O–H groups in total. The summed E-state index contributed by atoms with van der Waals surface area (Å²) in [5, 5.41) is 8.18. The molecule has 1 aliphatic rings. The van der Waals surface area contributed by atoms with Gasteiger partial charge in [0.2, 0.25) is 0 Å². The second kappa shape index (κ2) is 8.16. The first kappa shape index (κ1) is 21.6. The van der Waals surface area contributed by atoms with Crippen LogP contribution in [0.25, 0.3) is 11.4 Å². The highest BCUT2D eigenvalue weighted by atomic mass is 35.5. The fourth-order valence-electron chi connectivity index (χ4n) is 3.52. The first-order chi connectivity index (χ1) is 14.6. The predicted octanol–water partition coefficient (Wildman–Crippen LogP) is 5.14. The van der Waals surface area contributed by atoms with Crippen molar-refractivity contribution in [1.82, 2.24) is 14.8 Å². The lowest BCUT2D eigenvalue weighted by Crippen LogP contribution is -2.15. The number of hydrogen-bond acceptors (Lipinski definition) is 4. The van der Waals surface area contributed by atoms with Gasteiger partial charge in [-0.25, -0.2) is 8.42 Å². The van der Waals surface area contributed by atoms with Gasteiger partial charge in [0.25, 0.3) is 10.0 Å². The number of halogens is 4. The van der Waals surface area contributed by atoms with E-state index in [1.807, 2.05) is 4.57 Å². The Labute approximate surface area is 182 Å². The Hall–Kier alpha value is -2.59. The first-order valence-corrected chi connectivity index (χ1v) is 11.4. The number of fused-ring (bicyclic) bond motifs is 1. The van der Waals surface area contributed by atoms with Crippen molar-refractivity contribution in [3.63, 3.8) is 0 Å². The Morgan fingerprint density at radius 1 is 1.03 bits per heavy atom. The molecule has 3 aromatic rings. The molecule has 11 heteroatoms. The van der Waals surface area contributed by atoms with Crippen LogP contribution in [0, 0.1) is 0 Å². The molecule has 0 unspecified atom stereocenters. The molecule has 6 nitrogen and oxygen atoms in total. The zero-order valence-corrected chi connectivity index (χ0v) is 17.7. The maximum Gasteiger partial charge on any atom is 0.416 e. The van der Waals surface area contributed by atoms with Gasteiger partial charge < -0.3 is 4.57 Å². The molecule has 0 amide bonds. The van der Waals surface area contributed by atoms with Crippen molar-refractivity contribution in [3.8, 4) is 11.4 Å². The maximum absolute atomic E-state index is 13.0. The SMILES string of the molecule is O=S(=O)(Nc1cccc(-c2nnc3n2CCCCC3)c1)c1cc(C(F)(F)F)ccc1Cl. The van der Waals surface area contributed by atoms with Gasteiger partial charge in [-0.15, -0.1) is 10.2 Å². The number of aryl methyl sites for hydroxylation is 1. The van der Waals surface area contributed by atoms with E-state index < -0.39 is 26.7 Å². The molecule has 0 saturated carbocycles. The number of rotatable bonds is 4. The topological polar surface area (TPSA) is 76.9 Å². The van der Waals surface area contributed by atoms with Crippen LogP contribution in [0.5, 0.6) is 0 Å². The Balaban J connectivity index is 1.66. The smallest absolute Gasteiger partial charge is 0.311 e. The van der Waals surface area contributed by atoms with Crippen LogP contribution >= 0.6 is 11.6 Å². The zero-order chi connectivity index (χ0) is 22.2. The number of hydrogen-bond donors (Lipinski definition) is 1. The van der Waals surface area contributed by atoms with E-state index in [1.54, 1.807) is 18.2 Å². The molecular weight excluding hydrogens is 453 g/mol. The summed E-state index contributed by atoms with van der Waals surface area (Å²) in [4.78, 5) is -0.647. The van der Waals surface area contributed by atoms with E-state index in [-0.39, 0.29) is 10.7 Å². The molecule has 0 bridgehead atoms. The largest absolute Gasteiger partial charge is 0.416 e. The molecule has 31 heavy (non-hydrogen) atoms. The highest BCUT2D eigenvalue weighted by Gasteiger charge is 2.32. The second-order valence-corrected chi connectivity index (χ2v) is 9.29. The van der Waals surface area contributed by atoms with Gasteiger partial charge >= 0.3 is 6.18 Å². The summed E-state index contributed by atoms with van der Waals surface area (Å²) in [5.41, 5.74) is -0.273. The molecule has 4 rings (SSSR count). The van der Waals surface area contributed by atoms with Crippen molar-refractivity contribution in [3.05, 3.63) is 58.9 Å². The van der Waals surface area contributed by atoms with Crippen molar-refractivity contribution < 1.29 is 21.6 Å². The van der Waals surface area contributed by atoms with Crippen LogP contribution in [-0.4, -0.2) is 23.2 Å². The van der Waals surface area contributed by atoms with Crippen LogP contribution in [0.3, 0.4) is 0 Å². The molecular formula is C20H18ClF3N4O2S. The van der Waals surface area contributed by atoms with Crippen molar-refractivity contribution >= 4 is 27.3 Å². The Kier molecular flexibility index (Phi) is 5.69. The monoisotopic (exact) mass is 470 g/mol. The van der Waals surface area contributed by atoms with E-state index >= 15 is 0 Å². The third kappa shape index (κ3) is 4.54. The van der Waals surface area contributed by atoms with E-state index in [2.05, 4.69) is 14.9 Å². The fraction of sp³-hybridized carbons (Fsp3) is 0.300. The summed E-state index contributed by atoms with van der Waals surface area (Å²) in [7, 11) is -4.36. The van der Waals surface area contributed by atoms with Crippen LogP contribution in [0.1, 0.15) is 30.7 Å². The summed E-state index contributed by atoms with van der Waals surface area (Å²) < 4.78 is 68.9. The maximum atomic E-state index is 13.0. The number of aromatic nitrogens is 3. The molecule has 1 aromatic heterocycles. The summed E-state index contributed by atoms with van der Waals surface area (Å²) >= 11 is 5.90. The average Bonchev–Trinajstić information content (AvgIpc) is 2.95. The number of nitrogens with one attached hydrogen (secondary N) is 1. The molecule has 0 fully saturated rings. The van der Waals surface area contributed by atoms with Crippen LogP contribution < -0.4 is 4.72 Å². The van der Waals surface area contributed by atoms with Crippen LogP contribution in [-0.2, 0) is 29.2 Å². The van der Waals surface area contributed by atoms with Crippen molar-refractivity contribution in [2.45, 2.75) is 43.3 Å². The lowest BCUT2D eigenvalue weighted by molar-refractivity contribution is -0.137. The van der Waals surface area contributed by atoms with E-state index in [0.717, 1.165) is 50.2 Å². The molecule has 2 aromatic carbocycles. The third-order valence-corrected chi connectivity index (χ3v) is 6.89. The van der Waals surface area contributed by atoms with Gasteiger partial charge in [0.1, 0.15) is 10.7 Å². The second-order valence-electron chi connectivity index (χ2n) is 7.23. The summed E-state index contributed by atoms with van der Waals surface area (Å²) in [6, 6.07) is 8.66. The number of anilines is 1. The number of sulfonamides is 1. The summed E-state index contributed by atoms with van der Waals surface area (Å²) in [6.45, 7) is 0.771. The third-order valence-electron chi connectivity index (χ3n) is 5.03. The van der Waals surface area contributed by atoms with Crippen LogP contribution in [0.4, 0.5) is 18.9 Å². The molecule has 1 aliphatic heterocycles. The minimum Gasteiger partial charge on any atom is -0.311 e. The first-order valence-electron chi connectivity index (χ1n) is 9.57. The van der Waals surface area contributed by atoms with Crippen molar-refractivity contribution in [2.75, 3.05) is 4.72 Å². The van der Waals surface area contributed by atoms with Crippen LogP contribution in [0.15, 0.2) is 47.4 Å². The highest BCUT2D eigenvalue weighted by molar-refractivity contribution is 7.92. The Bertz CT molecular complexity index is 1230. The van der Waals surface area contributed by atoms with Gasteiger partial charge in [-0.05, 0) is 43.2 Å². The van der Waals surface area contributed by atoms with E-state index in [9.17, 15) is 21.6 Å². The Morgan fingerprint density at radius 3 is 2.61 bits per heavy atom. The molecule has 0 spiro atoms. The van der Waals surface area contributed by atoms with Gasteiger partial charge in [-0.2, -0.15) is 13.2 Å². The van der Waals surface area contributed by atoms with Gasteiger partial charge in [0.15, 0.2) is 5.82 Å². The lowest BCUT2D eigenvalue weighted by Gasteiger charge is -2.13. The predicted molar refractivity (Wildman–Crippen MR) is 110 cm³/mol. The van der Waals surface area contributed by atoms with Crippen LogP contribution in [0.2, 0.25) is 5.02 Å². The summed E-state index contributed by atoms with van der Waals surface area (Å²) in [6.07, 6.45) is -0.734. The van der Waals surface area contributed by atoms with Crippen molar-refractivity contribution in [2.24, 2.45) is 0 Å².